The summed E-state index contributed by atoms with van der Waals surface area (Å²) in [6, 6.07) is 6.88. The predicted octanol–water partition coefficient (Wildman–Crippen LogP) is 2.47. The fourth-order valence-corrected chi connectivity index (χ4v) is 5.59. The standard InChI is InChI=1S/C20H31N3O3S/c1-17-6-4-12-22(16-17)13-5-11-21-20(24)18-7-9-19(10-8-18)23-14-2-3-15-27(23,25)26/h7-10,17H,2-6,11-16H2,1H3,(H,21,24)/t17-/m1/s1. The van der Waals surface area contributed by atoms with Gasteiger partial charge in [0.25, 0.3) is 5.91 Å². The fourth-order valence-electron chi connectivity index (χ4n) is 3.95. The summed E-state index contributed by atoms with van der Waals surface area (Å²) < 4.78 is 25.8. The lowest BCUT2D eigenvalue weighted by atomic mass is 10.0. The maximum absolute atomic E-state index is 12.3. The second-order valence-corrected chi connectivity index (χ2v) is 9.81. The normalized spacial score (nSPS) is 23.1. The number of carbonyl (C=O) groups is 1. The minimum Gasteiger partial charge on any atom is -0.352 e. The molecule has 7 heteroatoms. The smallest absolute Gasteiger partial charge is 0.251 e. The molecule has 6 nitrogen and oxygen atoms in total. The zero-order valence-electron chi connectivity index (χ0n) is 16.2. The molecule has 2 saturated heterocycles. The third-order valence-corrected chi connectivity index (χ3v) is 7.31. The van der Waals surface area contributed by atoms with Crippen LogP contribution in [0.2, 0.25) is 0 Å². The van der Waals surface area contributed by atoms with Crippen LogP contribution >= 0.6 is 0 Å². The van der Waals surface area contributed by atoms with Crippen LogP contribution in [0.4, 0.5) is 5.69 Å². The van der Waals surface area contributed by atoms with E-state index in [-0.39, 0.29) is 11.7 Å². The average molecular weight is 394 g/mol. The van der Waals surface area contributed by atoms with Crippen LogP contribution in [0.25, 0.3) is 0 Å². The molecule has 2 heterocycles. The van der Waals surface area contributed by atoms with Crippen LogP contribution in [0.5, 0.6) is 0 Å². The monoisotopic (exact) mass is 393 g/mol. The maximum Gasteiger partial charge on any atom is 0.251 e. The molecule has 0 radical (unpaired) electrons. The summed E-state index contributed by atoms with van der Waals surface area (Å²) in [5.74, 6) is 0.871. The molecule has 1 aromatic carbocycles. The van der Waals surface area contributed by atoms with Gasteiger partial charge in [0.15, 0.2) is 0 Å². The molecule has 0 aliphatic carbocycles. The van der Waals surface area contributed by atoms with E-state index in [1.54, 1.807) is 24.3 Å². The van der Waals surface area contributed by atoms with Crippen molar-refractivity contribution in [2.75, 3.05) is 42.8 Å². The SMILES string of the molecule is C[C@@H]1CCCN(CCCNC(=O)c2ccc(N3CCCCS3(=O)=O)cc2)C1. The van der Waals surface area contributed by atoms with Crippen LogP contribution in [0.1, 0.15) is 49.4 Å². The predicted molar refractivity (Wildman–Crippen MR) is 109 cm³/mol. The number of nitrogens with one attached hydrogen (secondary N) is 1. The van der Waals surface area contributed by atoms with Crippen molar-refractivity contribution < 1.29 is 13.2 Å². The van der Waals surface area contributed by atoms with E-state index >= 15 is 0 Å². The molecular formula is C20H31N3O3S. The Labute approximate surface area is 163 Å². The summed E-state index contributed by atoms with van der Waals surface area (Å²) in [5.41, 5.74) is 1.21. The maximum atomic E-state index is 12.3. The lowest BCUT2D eigenvalue weighted by Crippen LogP contribution is -2.37. The van der Waals surface area contributed by atoms with E-state index < -0.39 is 10.0 Å². The number of nitrogens with zero attached hydrogens (tertiary/aromatic N) is 2. The van der Waals surface area contributed by atoms with Gasteiger partial charge in [-0.05, 0) is 75.4 Å². The highest BCUT2D eigenvalue weighted by atomic mass is 32.2. The van der Waals surface area contributed by atoms with E-state index in [2.05, 4.69) is 17.1 Å². The van der Waals surface area contributed by atoms with E-state index in [9.17, 15) is 13.2 Å². The number of likely N-dealkylation sites (tertiary alicyclic amines) is 1. The molecule has 2 aliphatic rings. The molecule has 1 atom stereocenters. The number of hydrogen-bond acceptors (Lipinski definition) is 4. The first kappa shape index (κ1) is 20.1. The molecule has 1 aromatic rings. The minimum atomic E-state index is -3.21. The van der Waals surface area contributed by atoms with Gasteiger partial charge in [0.05, 0.1) is 11.4 Å². The zero-order valence-corrected chi connectivity index (χ0v) is 17.0. The van der Waals surface area contributed by atoms with Gasteiger partial charge in [-0.25, -0.2) is 8.42 Å². The third kappa shape index (κ3) is 5.45. The van der Waals surface area contributed by atoms with E-state index in [0.29, 0.717) is 24.3 Å². The molecule has 1 N–H and O–H groups in total. The molecule has 1 amide bonds. The summed E-state index contributed by atoms with van der Waals surface area (Å²) in [6.45, 7) is 6.83. The van der Waals surface area contributed by atoms with Gasteiger partial charge in [-0.3, -0.25) is 9.10 Å². The summed E-state index contributed by atoms with van der Waals surface area (Å²) in [7, 11) is -3.21. The third-order valence-electron chi connectivity index (χ3n) is 5.44. The van der Waals surface area contributed by atoms with Crippen molar-refractivity contribution in [3.05, 3.63) is 29.8 Å². The molecule has 3 rings (SSSR count). The Morgan fingerprint density at radius 1 is 1.15 bits per heavy atom. The number of hydrogen-bond donors (Lipinski definition) is 1. The van der Waals surface area contributed by atoms with E-state index in [4.69, 9.17) is 0 Å². The summed E-state index contributed by atoms with van der Waals surface area (Å²) in [6.07, 6.45) is 5.13. The molecule has 2 fully saturated rings. The first-order valence-corrected chi connectivity index (χ1v) is 11.7. The molecule has 2 aliphatic heterocycles. The van der Waals surface area contributed by atoms with Crippen molar-refractivity contribution in [1.82, 2.24) is 10.2 Å². The molecule has 0 aromatic heterocycles. The lowest BCUT2D eigenvalue weighted by molar-refractivity contribution is 0.0950. The largest absolute Gasteiger partial charge is 0.352 e. The lowest BCUT2D eigenvalue weighted by Gasteiger charge is -2.30. The Morgan fingerprint density at radius 2 is 1.93 bits per heavy atom. The van der Waals surface area contributed by atoms with Crippen LogP contribution in [-0.2, 0) is 10.0 Å². The van der Waals surface area contributed by atoms with Gasteiger partial charge in [-0.2, -0.15) is 0 Å². The van der Waals surface area contributed by atoms with Crippen molar-refractivity contribution in [1.29, 1.82) is 0 Å². The Kier molecular flexibility index (Phi) is 6.76. The molecule has 0 bridgehead atoms. The molecule has 27 heavy (non-hydrogen) atoms. The van der Waals surface area contributed by atoms with Crippen LogP contribution in [0, 0.1) is 5.92 Å². The highest BCUT2D eigenvalue weighted by molar-refractivity contribution is 7.92. The van der Waals surface area contributed by atoms with Gasteiger partial charge < -0.3 is 10.2 Å². The van der Waals surface area contributed by atoms with Gasteiger partial charge >= 0.3 is 0 Å². The van der Waals surface area contributed by atoms with Crippen LogP contribution in [0.15, 0.2) is 24.3 Å². The Morgan fingerprint density at radius 3 is 2.63 bits per heavy atom. The number of benzene rings is 1. The van der Waals surface area contributed by atoms with Gasteiger partial charge in [-0.1, -0.05) is 6.92 Å². The molecule has 0 spiro atoms. The number of carbonyl (C=O) groups excluding carboxylic acids is 1. The van der Waals surface area contributed by atoms with Gasteiger partial charge in [0.2, 0.25) is 10.0 Å². The van der Waals surface area contributed by atoms with E-state index in [1.807, 2.05) is 0 Å². The molecular weight excluding hydrogens is 362 g/mol. The first-order valence-electron chi connectivity index (χ1n) is 10.1. The van der Waals surface area contributed by atoms with Crippen molar-refractivity contribution in [2.45, 2.75) is 39.0 Å². The van der Waals surface area contributed by atoms with Crippen molar-refractivity contribution in [3.8, 4) is 0 Å². The van der Waals surface area contributed by atoms with Crippen molar-refractivity contribution in [3.63, 3.8) is 0 Å². The highest BCUT2D eigenvalue weighted by Gasteiger charge is 2.26. The summed E-state index contributed by atoms with van der Waals surface area (Å²) in [5, 5.41) is 2.97. The Bertz CT molecular complexity index is 733. The van der Waals surface area contributed by atoms with Crippen molar-refractivity contribution >= 4 is 21.6 Å². The van der Waals surface area contributed by atoms with Crippen LogP contribution in [0.3, 0.4) is 0 Å². The molecule has 0 unspecified atom stereocenters. The molecule has 150 valence electrons. The Hall–Kier alpha value is -1.60. The topological polar surface area (TPSA) is 69.7 Å². The van der Waals surface area contributed by atoms with Crippen LogP contribution < -0.4 is 9.62 Å². The van der Waals surface area contributed by atoms with Gasteiger partial charge in [-0.15, -0.1) is 0 Å². The summed E-state index contributed by atoms with van der Waals surface area (Å²) >= 11 is 0. The Balaban J connectivity index is 1.46. The second-order valence-electron chi connectivity index (χ2n) is 7.80. The number of sulfonamides is 1. The number of piperidine rings is 1. The number of anilines is 1. The summed E-state index contributed by atoms with van der Waals surface area (Å²) in [4.78, 5) is 14.8. The second kappa shape index (κ2) is 9.06. The van der Waals surface area contributed by atoms with Gasteiger partial charge in [0, 0.05) is 25.2 Å². The van der Waals surface area contributed by atoms with Crippen molar-refractivity contribution in [2.24, 2.45) is 5.92 Å². The molecule has 0 saturated carbocycles. The number of amides is 1. The van der Waals surface area contributed by atoms with Gasteiger partial charge in [0.1, 0.15) is 0 Å². The number of rotatable bonds is 6. The van der Waals surface area contributed by atoms with E-state index in [0.717, 1.165) is 38.3 Å². The zero-order chi connectivity index (χ0) is 19.3. The highest BCUT2D eigenvalue weighted by Crippen LogP contribution is 2.23. The fraction of sp³-hybridized carbons (Fsp3) is 0.650. The quantitative estimate of drug-likeness (QED) is 0.754. The van der Waals surface area contributed by atoms with E-state index in [1.165, 1.54) is 23.7 Å². The first-order chi connectivity index (χ1) is 13.0. The average Bonchev–Trinajstić information content (AvgIpc) is 2.65. The van der Waals surface area contributed by atoms with Crippen LogP contribution in [-0.4, -0.2) is 57.7 Å². The minimum absolute atomic E-state index is 0.102.